The molecule has 1 amide bonds. The number of allylic oxidation sites excluding steroid dienone is 3. The van der Waals surface area contributed by atoms with Gasteiger partial charge >= 0.3 is 0 Å². The minimum Gasteiger partial charge on any atom is -0.508 e. The highest BCUT2D eigenvalue weighted by Gasteiger charge is 2.08. The quantitative estimate of drug-likeness (QED) is 0.799. The Morgan fingerprint density at radius 1 is 1.39 bits per heavy atom. The van der Waals surface area contributed by atoms with E-state index in [4.69, 9.17) is 5.73 Å². The molecular weight excluding hydrogens is 246 g/mol. The second kappa shape index (κ2) is 6.12. The van der Waals surface area contributed by atoms with E-state index in [-0.39, 0.29) is 11.3 Å². The highest BCUT2D eigenvalue weighted by atomic mass is 32.2. The molecule has 1 aromatic carbocycles. The number of phenolic OH excluding ortho intramolecular Hbond substituents is 1. The topological polar surface area (TPSA) is 63.3 Å². The van der Waals surface area contributed by atoms with Crippen molar-refractivity contribution in [2.24, 2.45) is 5.73 Å². The molecule has 0 aliphatic rings. The Bertz CT molecular complexity index is 533. The average Bonchev–Trinajstić information content (AvgIpc) is 2.28. The third-order valence-corrected chi connectivity index (χ3v) is 3.10. The second-order valence-electron chi connectivity index (χ2n) is 3.67. The predicted molar refractivity (Wildman–Crippen MR) is 77.2 cm³/mol. The molecule has 0 unspecified atom stereocenters. The molecule has 0 heterocycles. The number of hydrogen-bond donors (Lipinski definition) is 2. The smallest absolute Gasteiger partial charge is 0.248 e. The molecule has 0 saturated carbocycles. The minimum absolute atomic E-state index is 0.00611. The van der Waals surface area contributed by atoms with E-state index in [0.29, 0.717) is 5.56 Å². The van der Waals surface area contributed by atoms with Gasteiger partial charge in [-0.1, -0.05) is 37.1 Å². The molecule has 18 heavy (non-hydrogen) atoms. The van der Waals surface area contributed by atoms with Crippen LogP contribution in [0.2, 0.25) is 0 Å². The van der Waals surface area contributed by atoms with E-state index in [9.17, 15) is 9.90 Å². The van der Waals surface area contributed by atoms with Crippen molar-refractivity contribution in [3.05, 3.63) is 59.5 Å². The molecular formula is C14H15NO2S. The molecule has 0 atom stereocenters. The Kier molecular flexibility index (Phi) is 4.80. The number of aromatic hydroxyl groups is 1. The summed E-state index contributed by atoms with van der Waals surface area (Å²) in [5, 5.41) is 9.54. The first-order chi connectivity index (χ1) is 8.43. The molecule has 0 spiro atoms. The number of carbonyl (C=O) groups excluding carboxylic acids is 1. The van der Waals surface area contributed by atoms with Crippen molar-refractivity contribution in [3.63, 3.8) is 0 Å². The van der Waals surface area contributed by atoms with Gasteiger partial charge in [0.2, 0.25) is 5.91 Å². The van der Waals surface area contributed by atoms with Crippen LogP contribution in [-0.4, -0.2) is 11.0 Å². The molecule has 1 aromatic rings. The number of amides is 1. The fraction of sp³-hybridized carbons (Fsp3) is 0.0714. The monoisotopic (exact) mass is 261 g/mol. The molecule has 94 valence electrons. The summed E-state index contributed by atoms with van der Waals surface area (Å²) in [6.45, 7) is 9.45. The maximum atomic E-state index is 11.1. The van der Waals surface area contributed by atoms with Gasteiger partial charge in [-0.2, -0.15) is 0 Å². The SMILES string of the molecule is C=C/C=C(/C)SC(=C)c1cc(O)cc(C(N)=O)c1. The van der Waals surface area contributed by atoms with Crippen molar-refractivity contribution < 1.29 is 9.90 Å². The largest absolute Gasteiger partial charge is 0.508 e. The summed E-state index contributed by atoms with van der Waals surface area (Å²) in [4.78, 5) is 12.8. The van der Waals surface area contributed by atoms with Crippen LogP contribution in [0.25, 0.3) is 4.91 Å². The van der Waals surface area contributed by atoms with Crippen LogP contribution < -0.4 is 5.73 Å². The van der Waals surface area contributed by atoms with Crippen LogP contribution in [0, 0.1) is 0 Å². The molecule has 3 N–H and O–H groups in total. The van der Waals surface area contributed by atoms with Crippen LogP contribution in [0.4, 0.5) is 0 Å². The zero-order valence-corrected chi connectivity index (χ0v) is 11.0. The van der Waals surface area contributed by atoms with Crippen LogP contribution in [0.5, 0.6) is 5.75 Å². The summed E-state index contributed by atoms with van der Waals surface area (Å²) < 4.78 is 0. The van der Waals surface area contributed by atoms with Crippen molar-refractivity contribution in [1.82, 2.24) is 0 Å². The molecule has 0 aliphatic carbocycles. The van der Waals surface area contributed by atoms with Crippen LogP contribution in [0.15, 0.2) is 48.4 Å². The van der Waals surface area contributed by atoms with Gasteiger partial charge < -0.3 is 10.8 Å². The van der Waals surface area contributed by atoms with Crippen LogP contribution in [0.3, 0.4) is 0 Å². The molecule has 0 aromatic heterocycles. The third-order valence-electron chi connectivity index (χ3n) is 2.16. The summed E-state index contributed by atoms with van der Waals surface area (Å²) in [6, 6.07) is 4.48. The maximum absolute atomic E-state index is 11.1. The zero-order valence-electron chi connectivity index (χ0n) is 10.1. The number of hydrogen-bond acceptors (Lipinski definition) is 3. The lowest BCUT2D eigenvalue weighted by molar-refractivity contribution is 0.1000. The third kappa shape index (κ3) is 3.82. The second-order valence-corrected chi connectivity index (χ2v) is 5.01. The summed E-state index contributed by atoms with van der Waals surface area (Å²) in [7, 11) is 0. The Labute approximate surface area is 111 Å². The van der Waals surface area contributed by atoms with Gasteiger partial charge in [0.1, 0.15) is 5.75 Å². The highest BCUT2D eigenvalue weighted by Crippen LogP contribution is 2.33. The number of primary amides is 1. The summed E-state index contributed by atoms with van der Waals surface area (Å²) in [6.07, 6.45) is 3.54. The van der Waals surface area contributed by atoms with Crippen LogP contribution in [0.1, 0.15) is 22.8 Å². The Hall–Kier alpha value is -1.94. The number of phenols is 1. The van der Waals surface area contributed by atoms with Gasteiger partial charge in [-0.15, -0.1) is 0 Å². The predicted octanol–water partition coefficient (Wildman–Crippen LogP) is 3.28. The molecule has 1 rings (SSSR count). The van der Waals surface area contributed by atoms with Gasteiger partial charge in [0.15, 0.2) is 0 Å². The standard InChI is InChI=1S/C14H15NO2S/c1-4-5-9(2)18-10(3)11-6-12(14(15)17)8-13(16)7-11/h4-8,16H,1,3H2,2H3,(H2,15,17)/b9-5-. The minimum atomic E-state index is -0.580. The van der Waals surface area contributed by atoms with Crippen molar-refractivity contribution >= 4 is 22.6 Å². The fourth-order valence-electron chi connectivity index (χ4n) is 1.37. The van der Waals surface area contributed by atoms with E-state index < -0.39 is 5.91 Å². The van der Waals surface area contributed by atoms with Gasteiger partial charge in [0.25, 0.3) is 0 Å². The van der Waals surface area contributed by atoms with Gasteiger partial charge in [-0.3, -0.25) is 4.79 Å². The maximum Gasteiger partial charge on any atom is 0.248 e. The van der Waals surface area contributed by atoms with Crippen molar-refractivity contribution in [1.29, 1.82) is 0 Å². The number of thioether (sulfide) groups is 1. The van der Waals surface area contributed by atoms with Crippen LogP contribution >= 0.6 is 11.8 Å². The summed E-state index contributed by atoms with van der Waals surface area (Å²) >= 11 is 1.44. The van der Waals surface area contributed by atoms with Crippen molar-refractivity contribution in [2.45, 2.75) is 6.92 Å². The van der Waals surface area contributed by atoms with E-state index in [1.807, 2.05) is 13.0 Å². The number of benzene rings is 1. The summed E-state index contributed by atoms with van der Waals surface area (Å²) in [5.41, 5.74) is 6.12. The van der Waals surface area contributed by atoms with E-state index in [2.05, 4.69) is 13.2 Å². The molecule has 3 nitrogen and oxygen atoms in total. The molecule has 0 fully saturated rings. The molecule has 0 aliphatic heterocycles. The first-order valence-electron chi connectivity index (χ1n) is 5.24. The Balaban J connectivity index is 3.02. The first-order valence-corrected chi connectivity index (χ1v) is 6.06. The highest BCUT2D eigenvalue weighted by molar-refractivity contribution is 8.11. The van der Waals surface area contributed by atoms with Crippen LogP contribution in [-0.2, 0) is 0 Å². The molecule has 0 bridgehead atoms. The Morgan fingerprint density at radius 3 is 2.56 bits per heavy atom. The summed E-state index contributed by atoms with van der Waals surface area (Å²) in [5.74, 6) is -0.586. The van der Waals surface area contributed by atoms with Crippen molar-refractivity contribution in [2.75, 3.05) is 0 Å². The number of rotatable bonds is 5. The molecule has 0 radical (unpaired) electrons. The van der Waals surface area contributed by atoms with E-state index in [1.165, 1.54) is 17.8 Å². The van der Waals surface area contributed by atoms with Gasteiger partial charge in [0, 0.05) is 10.5 Å². The van der Waals surface area contributed by atoms with Gasteiger partial charge in [-0.25, -0.2) is 0 Å². The number of carbonyl (C=O) groups is 1. The van der Waals surface area contributed by atoms with Gasteiger partial charge in [0.05, 0.1) is 0 Å². The molecule has 4 heteroatoms. The molecule has 0 saturated heterocycles. The number of nitrogens with two attached hydrogens (primary N) is 1. The lowest BCUT2D eigenvalue weighted by Crippen LogP contribution is -2.10. The van der Waals surface area contributed by atoms with E-state index >= 15 is 0 Å². The van der Waals surface area contributed by atoms with E-state index in [0.717, 1.165) is 9.81 Å². The first kappa shape index (κ1) is 14.1. The average molecular weight is 261 g/mol. The van der Waals surface area contributed by atoms with Crippen molar-refractivity contribution in [3.8, 4) is 5.75 Å². The van der Waals surface area contributed by atoms with E-state index in [1.54, 1.807) is 18.2 Å². The lowest BCUT2D eigenvalue weighted by Gasteiger charge is -2.08. The zero-order chi connectivity index (χ0) is 13.7. The Morgan fingerprint density at radius 2 is 2.00 bits per heavy atom. The van der Waals surface area contributed by atoms with Gasteiger partial charge in [-0.05, 0) is 35.6 Å². The lowest BCUT2D eigenvalue weighted by atomic mass is 10.1. The fourth-order valence-corrected chi connectivity index (χ4v) is 2.16. The normalized spacial score (nSPS) is 11.1.